The van der Waals surface area contributed by atoms with Gasteiger partial charge in [0.2, 0.25) is 5.89 Å². The van der Waals surface area contributed by atoms with Crippen molar-refractivity contribution >= 4 is 0 Å². The van der Waals surface area contributed by atoms with E-state index in [1.165, 1.54) is 0 Å². The van der Waals surface area contributed by atoms with Crippen LogP contribution in [0.5, 0.6) is 0 Å². The second-order valence-corrected chi connectivity index (χ2v) is 4.62. The van der Waals surface area contributed by atoms with E-state index < -0.39 is 0 Å². The Morgan fingerprint density at radius 3 is 2.71 bits per heavy atom. The minimum Gasteiger partial charge on any atom is -0.338 e. The van der Waals surface area contributed by atoms with Gasteiger partial charge in [-0.1, -0.05) is 19.0 Å². The Kier molecular flexibility index (Phi) is 2.28. The molecule has 0 radical (unpaired) electrons. The summed E-state index contributed by atoms with van der Waals surface area (Å²) in [5.41, 5.74) is 5.82. The highest BCUT2D eigenvalue weighted by molar-refractivity contribution is 4.92. The molecule has 0 amide bonds. The maximum absolute atomic E-state index is 5.37. The van der Waals surface area contributed by atoms with Crippen LogP contribution in [0, 0.1) is 5.41 Å². The maximum Gasteiger partial charge on any atom is 0.240 e. The van der Waals surface area contributed by atoms with Crippen LogP contribution in [-0.2, 0) is 13.1 Å². The van der Waals surface area contributed by atoms with E-state index in [1.54, 1.807) is 0 Å². The van der Waals surface area contributed by atoms with Crippen LogP contribution < -0.4 is 5.73 Å². The molecule has 5 nitrogen and oxygen atoms in total. The first kappa shape index (κ1) is 9.61. The molecule has 1 saturated heterocycles. The number of hydrogen-bond acceptors (Lipinski definition) is 5. The van der Waals surface area contributed by atoms with Crippen molar-refractivity contribution in [3.05, 3.63) is 11.7 Å². The molecule has 78 valence electrons. The Bertz CT molecular complexity index is 312. The van der Waals surface area contributed by atoms with Gasteiger partial charge in [-0.05, 0) is 5.41 Å². The zero-order chi connectivity index (χ0) is 10.2. The number of nitrogens with zero attached hydrogens (tertiary/aromatic N) is 3. The predicted molar refractivity (Wildman–Crippen MR) is 51.2 cm³/mol. The maximum atomic E-state index is 5.37. The smallest absolute Gasteiger partial charge is 0.240 e. The van der Waals surface area contributed by atoms with Gasteiger partial charge < -0.3 is 10.3 Å². The summed E-state index contributed by atoms with van der Waals surface area (Å²) < 4.78 is 4.92. The quantitative estimate of drug-likeness (QED) is 0.756. The Morgan fingerprint density at radius 1 is 1.50 bits per heavy atom. The van der Waals surface area contributed by atoms with Crippen LogP contribution in [0.25, 0.3) is 0 Å². The fourth-order valence-corrected chi connectivity index (χ4v) is 1.91. The van der Waals surface area contributed by atoms with E-state index in [0.717, 1.165) is 25.5 Å². The van der Waals surface area contributed by atoms with Crippen LogP contribution in [0.4, 0.5) is 0 Å². The minimum absolute atomic E-state index is 0.318. The van der Waals surface area contributed by atoms with E-state index in [0.29, 0.717) is 17.9 Å². The summed E-state index contributed by atoms with van der Waals surface area (Å²) in [6.45, 7) is 7.79. The molecule has 2 heterocycles. The van der Waals surface area contributed by atoms with Gasteiger partial charge in [0.1, 0.15) is 0 Å². The Hall–Kier alpha value is -0.940. The van der Waals surface area contributed by atoms with Gasteiger partial charge >= 0.3 is 0 Å². The first-order valence-corrected chi connectivity index (χ1v) is 4.83. The zero-order valence-corrected chi connectivity index (χ0v) is 8.66. The average molecular weight is 196 g/mol. The molecule has 0 spiro atoms. The molecule has 0 unspecified atom stereocenters. The molecule has 0 atom stereocenters. The van der Waals surface area contributed by atoms with E-state index in [2.05, 4.69) is 28.9 Å². The molecule has 1 aliphatic heterocycles. The summed E-state index contributed by atoms with van der Waals surface area (Å²) >= 11 is 0. The summed E-state index contributed by atoms with van der Waals surface area (Å²) in [7, 11) is 0. The molecule has 14 heavy (non-hydrogen) atoms. The fourth-order valence-electron chi connectivity index (χ4n) is 1.91. The third-order valence-electron chi connectivity index (χ3n) is 2.35. The van der Waals surface area contributed by atoms with Gasteiger partial charge in [-0.25, -0.2) is 0 Å². The lowest BCUT2D eigenvalue weighted by atomic mass is 9.84. The predicted octanol–water partition coefficient (Wildman–Crippen LogP) is 0.370. The van der Waals surface area contributed by atoms with Crippen molar-refractivity contribution in [1.29, 1.82) is 0 Å². The van der Waals surface area contributed by atoms with Crippen LogP contribution in [0.2, 0.25) is 0 Å². The summed E-state index contributed by atoms with van der Waals surface area (Å²) in [6.07, 6.45) is 0. The molecule has 1 aliphatic rings. The number of nitrogens with two attached hydrogens (primary N) is 1. The third-order valence-corrected chi connectivity index (χ3v) is 2.35. The van der Waals surface area contributed by atoms with E-state index >= 15 is 0 Å². The number of aromatic nitrogens is 2. The Morgan fingerprint density at radius 2 is 2.21 bits per heavy atom. The van der Waals surface area contributed by atoms with E-state index in [-0.39, 0.29) is 0 Å². The summed E-state index contributed by atoms with van der Waals surface area (Å²) in [5.74, 6) is 1.25. The normalized spacial score (nSPS) is 20.8. The molecule has 1 aromatic heterocycles. The van der Waals surface area contributed by atoms with Crippen molar-refractivity contribution in [2.75, 3.05) is 13.1 Å². The lowest BCUT2D eigenvalue weighted by molar-refractivity contribution is 0.0216. The molecular formula is C9H16N4O. The van der Waals surface area contributed by atoms with Gasteiger partial charge in [-0.3, -0.25) is 4.90 Å². The van der Waals surface area contributed by atoms with Crippen molar-refractivity contribution in [3.8, 4) is 0 Å². The second-order valence-electron chi connectivity index (χ2n) is 4.62. The third kappa shape index (κ3) is 1.93. The highest BCUT2D eigenvalue weighted by Gasteiger charge is 2.34. The number of likely N-dealkylation sites (tertiary alicyclic amines) is 1. The molecule has 0 aliphatic carbocycles. The molecule has 1 fully saturated rings. The molecule has 0 bridgehead atoms. The second kappa shape index (κ2) is 3.33. The van der Waals surface area contributed by atoms with Crippen LogP contribution in [-0.4, -0.2) is 28.1 Å². The van der Waals surface area contributed by atoms with Crippen molar-refractivity contribution < 1.29 is 4.52 Å². The van der Waals surface area contributed by atoms with Crippen LogP contribution in [0.15, 0.2) is 4.52 Å². The first-order chi connectivity index (χ1) is 6.59. The van der Waals surface area contributed by atoms with Gasteiger partial charge in [-0.2, -0.15) is 4.98 Å². The minimum atomic E-state index is 0.318. The highest BCUT2D eigenvalue weighted by atomic mass is 16.5. The molecule has 2 rings (SSSR count). The standard InChI is InChI=1S/C9H16N4O/c1-9(2)5-13(6-9)4-7-11-8(3-10)14-12-7/h3-6,10H2,1-2H3. The monoisotopic (exact) mass is 196 g/mol. The molecule has 0 saturated carbocycles. The van der Waals surface area contributed by atoms with E-state index in [4.69, 9.17) is 10.3 Å². The first-order valence-electron chi connectivity index (χ1n) is 4.83. The van der Waals surface area contributed by atoms with Crippen molar-refractivity contribution in [2.45, 2.75) is 26.9 Å². The van der Waals surface area contributed by atoms with Crippen LogP contribution in [0.3, 0.4) is 0 Å². The average Bonchev–Trinajstić information content (AvgIpc) is 2.49. The lowest BCUT2D eigenvalue weighted by Crippen LogP contribution is -2.52. The van der Waals surface area contributed by atoms with Crippen molar-refractivity contribution in [2.24, 2.45) is 11.1 Å². The Balaban J connectivity index is 1.87. The van der Waals surface area contributed by atoms with Crippen LogP contribution >= 0.6 is 0 Å². The molecule has 0 aromatic carbocycles. The lowest BCUT2D eigenvalue weighted by Gasteiger charge is -2.45. The van der Waals surface area contributed by atoms with Gasteiger partial charge in [0.15, 0.2) is 5.82 Å². The Labute approximate surface area is 83.3 Å². The fraction of sp³-hybridized carbons (Fsp3) is 0.778. The molecule has 1 aromatic rings. The zero-order valence-electron chi connectivity index (χ0n) is 8.66. The molecular weight excluding hydrogens is 180 g/mol. The molecule has 2 N–H and O–H groups in total. The van der Waals surface area contributed by atoms with Gasteiger partial charge in [0.25, 0.3) is 0 Å². The number of rotatable bonds is 3. The van der Waals surface area contributed by atoms with Gasteiger partial charge in [0, 0.05) is 13.1 Å². The topological polar surface area (TPSA) is 68.2 Å². The number of hydrogen-bond donors (Lipinski definition) is 1. The van der Waals surface area contributed by atoms with Crippen molar-refractivity contribution in [3.63, 3.8) is 0 Å². The van der Waals surface area contributed by atoms with Crippen LogP contribution in [0.1, 0.15) is 25.6 Å². The largest absolute Gasteiger partial charge is 0.338 e. The van der Waals surface area contributed by atoms with Gasteiger partial charge in [-0.15, -0.1) is 0 Å². The SMILES string of the molecule is CC1(C)CN(Cc2noc(CN)n2)C1. The summed E-state index contributed by atoms with van der Waals surface area (Å²) in [4.78, 5) is 6.45. The van der Waals surface area contributed by atoms with E-state index in [1.807, 2.05) is 0 Å². The van der Waals surface area contributed by atoms with E-state index in [9.17, 15) is 0 Å². The molecule has 5 heteroatoms. The van der Waals surface area contributed by atoms with Gasteiger partial charge in [0.05, 0.1) is 13.1 Å². The summed E-state index contributed by atoms with van der Waals surface area (Å²) in [5, 5.41) is 3.85. The van der Waals surface area contributed by atoms with Crippen molar-refractivity contribution in [1.82, 2.24) is 15.0 Å². The summed E-state index contributed by atoms with van der Waals surface area (Å²) in [6, 6.07) is 0. The highest BCUT2D eigenvalue weighted by Crippen LogP contribution is 2.29.